The number of unbranched alkanes of at least 4 members (excludes halogenated alkanes) is 1. The molecule has 0 saturated carbocycles. The van der Waals surface area contributed by atoms with Crippen molar-refractivity contribution in [3.8, 4) is 0 Å². The van der Waals surface area contributed by atoms with E-state index in [2.05, 4.69) is 13.8 Å². The van der Waals surface area contributed by atoms with E-state index < -0.39 is 8.80 Å². The lowest BCUT2D eigenvalue weighted by Gasteiger charge is -2.28. The Labute approximate surface area is 120 Å². The van der Waals surface area contributed by atoms with Gasteiger partial charge in [-0.1, -0.05) is 6.92 Å². The maximum Gasteiger partial charge on any atom is 0.500 e. The molecule has 0 aromatic rings. The van der Waals surface area contributed by atoms with Crippen molar-refractivity contribution in [2.45, 2.75) is 66.0 Å². The number of hydrogen-bond acceptors (Lipinski definition) is 4. The molecule has 0 aliphatic carbocycles. The molecule has 1 unspecified atom stereocenters. The first-order valence-electron chi connectivity index (χ1n) is 7.67. The zero-order chi connectivity index (χ0) is 14.6. The minimum Gasteiger partial charge on any atom is -0.379 e. The summed E-state index contributed by atoms with van der Waals surface area (Å²) in [5, 5.41) is 0. The van der Waals surface area contributed by atoms with Crippen LogP contribution in [0.4, 0.5) is 0 Å². The van der Waals surface area contributed by atoms with Crippen molar-refractivity contribution in [1.82, 2.24) is 0 Å². The predicted octanol–water partition coefficient (Wildman–Crippen LogP) is 3.63. The van der Waals surface area contributed by atoms with E-state index in [4.69, 9.17) is 18.0 Å². The predicted molar refractivity (Wildman–Crippen MR) is 80.4 cm³/mol. The molecular weight excluding hydrogens is 260 g/mol. The van der Waals surface area contributed by atoms with E-state index in [0.29, 0.717) is 25.9 Å². The minimum absolute atomic E-state index is 0.354. The van der Waals surface area contributed by atoms with E-state index >= 15 is 0 Å². The van der Waals surface area contributed by atoms with Crippen molar-refractivity contribution < 1.29 is 18.0 Å². The normalized spacial score (nSPS) is 13.7. The van der Waals surface area contributed by atoms with Gasteiger partial charge in [0.25, 0.3) is 0 Å². The molecule has 0 aliphatic heterocycles. The van der Waals surface area contributed by atoms with Crippen LogP contribution >= 0.6 is 0 Å². The van der Waals surface area contributed by atoms with Gasteiger partial charge in [-0.3, -0.25) is 0 Å². The van der Waals surface area contributed by atoms with Crippen LogP contribution in [-0.2, 0) is 18.0 Å². The molecule has 0 amide bonds. The van der Waals surface area contributed by atoms with E-state index in [0.717, 1.165) is 31.9 Å². The highest BCUT2D eigenvalue weighted by atomic mass is 28.4. The summed E-state index contributed by atoms with van der Waals surface area (Å²) < 4.78 is 23.1. The van der Waals surface area contributed by atoms with Crippen LogP contribution in [0.15, 0.2) is 0 Å². The van der Waals surface area contributed by atoms with Gasteiger partial charge in [-0.05, 0) is 47.0 Å². The van der Waals surface area contributed by atoms with Gasteiger partial charge in [0.2, 0.25) is 0 Å². The molecule has 0 aliphatic rings. The highest BCUT2D eigenvalue weighted by molar-refractivity contribution is 6.60. The Hall–Kier alpha value is 0.0569. The fraction of sp³-hybridized carbons (Fsp3) is 1.00. The SMILES string of the molecule is CCO[Si](CCCCOC(C)CC)(OCC)OCC. The Morgan fingerprint density at radius 2 is 1.37 bits per heavy atom. The summed E-state index contributed by atoms with van der Waals surface area (Å²) in [5.41, 5.74) is 0. The Morgan fingerprint density at radius 3 is 1.79 bits per heavy atom. The Bertz CT molecular complexity index is 185. The van der Waals surface area contributed by atoms with Crippen molar-refractivity contribution in [3.05, 3.63) is 0 Å². The quantitative estimate of drug-likeness (QED) is 0.384. The van der Waals surface area contributed by atoms with Gasteiger partial charge in [0, 0.05) is 32.5 Å². The molecule has 5 heteroatoms. The van der Waals surface area contributed by atoms with Crippen LogP contribution in [-0.4, -0.2) is 41.3 Å². The molecule has 0 radical (unpaired) electrons. The van der Waals surface area contributed by atoms with Gasteiger partial charge in [-0.15, -0.1) is 0 Å². The topological polar surface area (TPSA) is 36.9 Å². The largest absolute Gasteiger partial charge is 0.500 e. The van der Waals surface area contributed by atoms with Gasteiger partial charge in [0.15, 0.2) is 0 Å². The fourth-order valence-electron chi connectivity index (χ4n) is 1.85. The minimum atomic E-state index is -2.44. The van der Waals surface area contributed by atoms with E-state index in [1.54, 1.807) is 0 Å². The standard InChI is InChI=1S/C14H32O4Si/c1-6-14(5)15-12-10-11-13-19(16-7-2,17-8-3)18-9-4/h14H,6-13H2,1-5H3. The first-order chi connectivity index (χ1) is 9.14. The van der Waals surface area contributed by atoms with E-state index in [1.807, 2.05) is 20.8 Å². The van der Waals surface area contributed by atoms with Crippen LogP contribution in [0, 0.1) is 0 Å². The van der Waals surface area contributed by atoms with Gasteiger partial charge >= 0.3 is 8.80 Å². The van der Waals surface area contributed by atoms with Crippen LogP contribution in [0.25, 0.3) is 0 Å². The maximum absolute atomic E-state index is 5.81. The number of hydrogen-bond donors (Lipinski definition) is 0. The van der Waals surface area contributed by atoms with Gasteiger partial charge in [-0.25, -0.2) is 0 Å². The summed E-state index contributed by atoms with van der Waals surface area (Å²) in [7, 11) is -2.44. The van der Waals surface area contributed by atoms with Crippen LogP contribution in [0.5, 0.6) is 0 Å². The van der Waals surface area contributed by atoms with Crippen molar-refractivity contribution in [2.75, 3.05) is 26.4 Å². The second kappa shape index (κ2) is 11.8. The number of rotatable bonds is 13. The summed E-state index contributed by atoms with van der Waals surface area (Å²) in [6.45, 7) is 13.0. The molecule has 0 rings (SSSR count). The lowest BCUT2D eigenvalue weighted by molar-refractivity contribution is 0.0564. The molecule has 0 aromatic carbocycles. The lowest BCUT2D eigenvalue weighted by Crippen LogP contribution is -2.45. The molecule has 0 saturated heterocycles. The molecule has 0 fully saturated rings. The van der Waals surface area contributed by atoms with Gasteiger partial charge in [0.05, 0.1) is 6.10 Å². The van der Waals surface area contributed by atoms with Gasteiger partial charge in [-0.2, -0.15) is 0 Å². The Morgan fingerprint density at radius 1 is 0.842 bits per heavy atom. The summed E-state index contributed by atoms with van der Waals surface area (Å²) in [4.78, 5) is 0. The first-order valence-corrected chi connectivity index (χ1v) is 9.60. The van der Waals surface area contributed by atoms with Crippen molar-refractivity contribution in [3.63, 3.8) is 0 Å². The molecule has 19 heavy (non-hydrogen) atoms. The molecule has 0 bridgehead atoms. The summed E-state index contributed by atoms with van der Waals surface area (Å²) >= 11 is 0. The molecule has 0 heterocycles. The fourth-order valence-corrected chi connectivity index (χ4v) is 4.53. The Balaban J connectivity index is 4.03. The smallest absolute Gasteiger partial charge is 0.379 e. The van der Waals surface area contributed by atoms with Crippen LogP contribution in [0.1, 0.15) is 53.9 Å². The van der Waals surface area contributed by atoms with E-state index in [9.17, 15) is 0 Å². The molecule has 1 atom stereocenters. The molecule has 4 nitrogen and oxygen atoms in total. The molecule has 116 valence electrons. The van der Waals surface area contributed by atoms with Crippen molar-refractivity contribution in [2.24, 2.45) is 0 Å². The second-order valence-corrected chi connectivity index (χ2v) is 7.26. The second-order valence-electron chi connectivity index (χ2n) is 4.53. The summed E-state index contributed by atoms with van der Waals surface area (Å²) in [6, 6.07) is 0.881. The summed E-state index contributed by atoms with van der Waals surface area (Å²) in [5.74, 6) is 0. The van der Waals surface area contributed by atoms with E-state index in [1.165, 1.54) is 0 Å². The molecule has 0 N–H and O–H groups in total. The highest BCUT2D eigenvalue weighted by Gasteiger charge is 2.39. The lowest BCUT2D eigenvalue weighted by atomic mass is 10.3. The molecular formula is C14H32O4Si. The Kier molecular flexibility index (Phi) is 11.9. The molecule has 0 spiro atoms. The zero-order valence-corrected chi connectivity index (χ0v) is 14.4. The average molecular weight is 292 g/mol. The zero-order valence-electron chi connectivity index (χ0n) is 13.4. The summed E-state index contributed by atoms with van der Waals surface area (Å²) in [6.07, 6.45) is 3.48. The average Bonchev–Trinajstić information content (AvgIpc) is 2.39. The van der Waals surface area contributed by atoms with Crippen molar-refractivity contribution >= 4 is 8.80 Å². The van der Waals surface area contributed by atoms with E-state index in [-0.39, 0.29) is 0 Å². The highest BCUT2D eigenvalue weighted by Crippen LogP contribution is 2.19. The maximum atomic E-state index is 5.81. The third kappa shape index (κ3) is 8.76. The van der Waals surface area contributed by atoms with Crippen LogP contribution < -0.4 is 0 Å². The molecule has 0 aromatic heterocycles. The third-order valence-corrected chi connectivity index (χ3v) is 6.10. The van der Waals surface area contributed by atoms with Crippen LogP contribution in [0.3, 0.4) is 0 Å². The third-order valence-electron chi connectivity index (χ3n) is 2.95. The van der Waals surface area contributed by atoms with Gasteiger partial charge in [0.1, 0.15) is 0 Å². The first kappa shape index (κ1) is 19.1. The van der Waals surface area contributed by atoms with Gasteiger partial charge < -0.3 is 18.0 Å². The monoisotopic (exact) mass is 292 g/mol. The van der Waals surface area contributed by atoms with Crippen molar-refractivity contribution in [1.29, 1.82) is 0 Å². The van der Waals surface area contributed by atoms with Crippen LogP contribution in [0.2, 0.25) is 6.04 Å². The number of ether oxygens (including phenoxy) is 1.